The first-order chi connectivity index (χ1) is 16.1. The molecule has 3 aromatic rings. The summed E-state index contributed by atoms with van der Waals surface area (Å²) in [5, 5.41) is 0. The highest BCUT2D eigenvalue weighted by Crippen LogP contribution is 2.29. The van der Waals surface area contributed by atoms with E-state index in [4.69, 9.17) is 4.98 Å². The van der Waals surface area contributed by atoms with Crippen LogP contribution in [0.1, 0.15) is 52.3 Å². The van der Waals surface area contributed by atoms with E-state index in [0.717, 1.165) is 45.3 Å². The number of carbonyl (C=O) groups is 1. The second-order valence-corrected chi connectivity index (χ2v) is 9.70. The molecule has 170 valence electrons. The van der Waals surface area contributed by atoms with Crippen molar-refractivity contribution in [1.29, 1.82) is 0 Å². The number of pyridine rings is 1. The minimum Gasteiger partial charge on any atom is -0.341 e. The van der Waals surface area contributed by atoms with E-state index in [1.54, 1.807) is 0 Å². The zero-order valence-electron chi connectivity index (χ0n) is 19.7. The summed E-state index contributed by atoms with van der Waals surface area (Å²) in [5.41, 5.74) is 7.76. The molecule has 2 aliphatic heterocycles. The maximum absolute atomic E-state index is 13.3. The van der Waals surface area contributed by atoms with Gasteiger partial charge in [0, 0.05) is 37.4 Å². The van der Waals surface area contributed by atoms with E-state index in [0.29, 0.717) is 5.92 Å². The summed E-state index contributed by atoms with van der Waals surface area (Å²) in [6.45, 7) is 4.65. The third-order valence-electron chi connectivity index (χ3n) is 7.50. The Hall–Kier alpha value is -2.98. The Labute approximate surface area is 197 Å². The van der Waals surface area contributed by atoms with Crippen LogP contribution < -0.4 is 0 Å². The number of amides is 1. The van der Waals surface area contributed by atoms with Gasteiger partial charge in [0.05, 0.1) is 6.04 Å². The molecule has 33 heavy (non-hydrogen) atoms. The number of benzene rings is 2. The number of fused-ring (bicyclic) bond motifs is 1. The van der Waals surface area contributed by atoms with Crippen LogP contribution in [0, 0.1) is 6.92 Å². The standard InChI is InChI=1S/C29H33N3O/c1-21-7-3-4-8-24(21)17-22-11-12-27(30-19-22)23-13-15-32(16-14-23)29(33)28-18-25-9-5-6-10-26(25)20-31(28)2/h3-12,19,23,28H,13-18,20H2,1-2H3/t28-/m1/s1. The molecule has 0 N–H and O–H groups in total. The van der Waals surface area contributed by atoms with Crippen LogP contribution in [-0.4, -0.2) is 46.9 Å². The number of hydrogen-bond acceptors (Lipinski definition) is 3. The largest absolute Gasteiger partial charge is 0.341 e. The predicted octanol–water partition coefficient (Wildman–Crippen LogP) is 4.74. The number of likely N-dealkylation sites (tertiary alicyclic amines) is 1. The van der Waals surface area contributed by atoms with Crippen molar-refractivity contribution in [2.45, 2.75) is 51.1 Å². The van der Waals surface area contributed by atoms with Gasteiger partial charge in [0.1, 0.15) is 0 Å². The molecular weight excluding hydrogens is 406 g/mol. The van der Waals surface area contributed by atoms with Gasteiger partial charge < -0.3 is 4.90 Å². The number of likely N-dealkylation sites (N-methyl/N-ethyl adjacent to an activating group) is 1. The molecule has 5 rings (SSSR count). The molecule has 0 aliphatic carbocycles. The molecule has 1 aromatic heterocycles. The molecule has 0 saturated carbocycles. The average molecular weight is 440 g/mol. The highest BCUT2D eigenvalue weighted by atomic mass is 16.2. The van der Waals surface area contributed by atoms with Crippen LogP contribution in [0.2, 0.25) is 0 Å². The van der Waals surface area contributed by atoms with Gasteiger partial charge in [-0.1, -0.05) is 54.6 Å². The molecular formula is C29H33N3O. The molecule has 0 bridgehead atoms. The smallest absolute Gasteiger partial charge is 0.240 e. The lowest BCUT2D eigenvalue weighted by Gasteiger charge is -2.39. The maximum Gasteiger partial charge on any atom is 0.240 e. The van der Waals surface area contributed by atoms with Gasteiger partial charge in [0.25, 0.3) is 0 Å². The second-order valence-electron chi connectivity index (χ2n) is 9.70. The molecule has 0 spiro atoms. The van der Waals surface area contributed by atoms with Gasteiger partial charge in [-0.3, -0.25) is 14.7 Å². The third kappa shape index (κ3) is 4.72. The van der Waals surface area contributed by atoms with Crippen molar-refractivity contribution in [2.75, 3.05) is 20.1 Å². The lowest BCUT2D eigenvalue weighted by atomic mass is 9.90. The zero-order valence-corrected chi connectivity index (χ0v) is 19.7. The van der Waals surface area contributed by atoms with Gasteiger partial charge in [-0.25, -0.2) is 0 Å². The van der Waals surface area contributed by atoms with E-state index in [9.17, 15) is 4.79 Å². The van der Waals surface area contributed by atoms with Gasteiger partial charge in [-0.15, -0.1) is 0 Å². The van der Waals surface area contributed by atoms with E-state index >= 15 is 0 Å². The van der Waals surface area contributed by atoms with Crippen molar-refractivity contribution in [3.63, 3.8) is 0 Å². The number of hydrogen-bond donors (Lipinski definition) is 0. The third-order valence-corrected chi connectivity index (χ3v) is 7.50. The van der Waals surface area contributed by atoms with Crippen LogP contribution in [0.15, 0.2) is 66.9 Å². The summed E-state index contributed by atoms with van der Waals surface area (Å²) in [7, 11) is 2.08. The quantitative estimate of drug-likeness (QED) is 0.589. The van der Waals surface area contributed by atoms with Crippen LogP contribution in [0.25, 0.3) is 0 Å². The Balaban J connectivity index is 1.18. The van der Waals surface area contributed by atoms with E-state index < -0.39 is 0 Å². The lowest BCUT2D eigenvalue weighted by Crippen LogP contribution is -2.51. The monoisotopic (exact) mass is 439 g/mol. The van der Waals surface area contributed by atoms with Crippen molar-refractivity contribution in [1.82, 2.24) is 14.8 Å². The molecule has 1 fully saturated rings. The van der Waals surface area contributed by atoms with Gasteiger partial charge in [-0.2, -0.15) is 0 Å². The second kappa shape index (κ2) is 9.48. The number of rotatable bonds is 4. The Morgan fingerprint density at radius 3 is 2.42 bits per heavy atom. The van der Waals surface area contributed by atoms with Gasteiger partial charge >= 0.3 is 0 Å². The Morgan fingerprint density at radius 1 is 0.970 bits per heavy atom. The lowest BCUT2D eigenvalue weighted by molar-refractivity contribution is -0.138. The first kappa shape index (κ1) is 21.8. The summed E-state index contributed by atoms with van der Waals surface area (Å²) in [6.07, 6.45) is 5.75. The van der Waals surface area contributed by atoms with Crippen molar-refractivity contribution >= 4 is 5.91 Å². The van der Waals surface area contributed by atoms with Crippen LogP contribution >= 0.6 is 0 Å². The van der Waals surface area contributed by atoms with Crippen LogP contribution in [0.4, 0.5) is 0 Å². The normalized spacial score (nSPS) is 19.3. The molecule has 3 heterocycles. The number of piperidine rings is 1. The molecule has 2 aromatic carbocycles. The van der Waals surface area contributed by atoms with Crippen molar-refractivity contribution in [2.24, 2.45) is 0 Å². The highest BCUT2D eigenvalue weighted by Gasteiger charge is 2.34. The first-order valence-electron chi connectivity index (χ1n) is 12.1. The molecule has 4 nitrogen and oxygen atoms in total. The molecule has 0 radical (unpaired) electrons. The molecule has 0 unspecified atom stereocenters. The SMILES string of the molecule is Cc1ccccc1Cc1ccc(C2CCN(C(=O)[C@H]3Cc4ccccc4CN3C)CC2)nc1. The highest BCUT2D eigenvalue weighted by molar-refractivity contribution is 5.82. The summed E-state index contributed by atoms with van der Waals surface area (Å²) < 4.78 is 0. The van der Waals surface area contributed by atoms with Gasteiger partial charge in [0.15, 0.2) is 0 Å². The summed E-state index contributed by atoms with van der Waals surface area (Å²) >= 11 is 0. The number of nitrogens with zero attached hydrogens (tertiary/aromatic N) is 3. The molecule has 1 atom stereocenters. The van der Waals surface area contributed by atoms with E-state index in [1.807, 2.05) is 6.20 Å². The van der Waals surface area contributed by atoms with Gasteiger partial charge in [0.2, 0.25) is 5.91 Å². The van der Waals surface area contributed by atoms with Crippen molar-refractivity contribution in [3.05, 3.63) is 100 Å². The van der Waals surface area contributed by atoms with Gasteiger partial charge in [-0.05, 0) is 73.5 Å². The number of aryl methyl sites for hydroxylation is 1. The number of carbonyl (C=O) groups excluding carboxylic acids is 1. The van der Waals surface area contributed by atoms with Crippen LogP contribution in [0.5, 0.6) is 0 Å². The Bertz CT molecular complexity index is 1120. The maximum atomic E-state index is 13.3. The minimum atomic E-state index is -0.0460. The Morgan fingerprint density at radius 2 is 1.70 bits per heavy atom. The summed E-state index contributed by atoms with van der Waals surface area (Å²) in [6, 6.07) is 21.4. The molecule has 1 saturated heterocycles. The Kier molecular flexibility index (Phi) is 6.28. The molecule has 4 heteroatoms. The fourth-order valence-corrected chi connectivity index (χ4v) is 5.35. The minimum absolute atomic E-state index is 0.0460. The predicted molar refractivity (Wildman–Crippen MR) is 132 cm³/mol. The molecule has 1 amide bonds. The first-order valence-corrected chi connectivity index (χ1v) is 12.1. The topological polar surface area (TPSA) is 36.4 Å². The van der Waals surface area contributed by atoms with Crippen molar-refractivity contribution < 1.29 is 4.79 Å². The molecule has 2 aliphatic rings. The fourth-order valence-electron chi connectivity index (χ4n) is 5.35. The van der Waals surface area contributed by atoms with Crippen molar-refractivity contribution in [3.8, 4) is 0 Å². The summed E-state index contributed by atoms with van der Waals surface area (Å²) in [4.78, 5) is 22.4. The van der Waals surface area contributed by atoms with Crippen LogP contribution in [0.3, 0.4) is 0 Å². The van der Waals surface area contributed by atoms with E-state index in [-0.39, 0.29) is 11.9 Å². The van der Waals surface area contributed by atoms with E-state index in [1.165, 1.54) is 33.5 Å². The fraction of sp³-hybridized carbons (Fsp3) is 0.379. The zero-order chi connectivity index (χ0) is 22.8. The average Bonchev–Trinajstić information content (AvgIpc) is 2.85. The van der Waals surface area contributed by atoms with E-state index in [2.05, 4.69) is 84.4 Å². The summed E-state index contributed by atoms with van der Waals surface area (Å²) in [5.74, 6) is 0.721. The number of aromatic nitrogens is 1. The van der Waals surface area contributed by atoms with Crippen LogP contribution in [-0.2, 0) is 24.2 Å².